The number of nitrogens with one attached hydrogen (secondary N) is 1. The molecule has 16 heavy (non-hydrogen) atoms. The number of hydrogen-bond acceptors (Lipinski definition) is 4. The van der Waals surface area contributed by atoms with E-state index < -0.39 is 6.43 Å². The molecule has 1 rings (SSSR count). The summed E-state index contributed by atoms with van der Waals surface area (Å²) in [5.41, 5.74) is 0. The van der Waals surface area contributed by atoms with Gasteiger partial charge in [0, 0.05) is 30.7 Å². The van der Waals surface area contributed by atoms with E-state index in [4.69, 9.17) is 0 Å². The van der Waals surface area contributed by atoms with Gasteiger partial charge in [-0.3, -0.25) is 0 Å². The largest absolute Gasteiger partial charge is 0.345 e. The van der Waals surface area contributed by atoms with Crippen molar-refractivity contribution in [2.45, 2.75) is 32.9 Å². The van der Waals surface area contributed by atoms with E-state index in [1.54, 1.807) is 13.2 Å². The Morgan fingerprint density at radius 1 is 1.50 bits per heavy atom. The lowest BCUT2D eigenvalue weighted by Gasteiger charge is -2.14. The molecular formula is C10H17F2N3S. The number of rotatable bonds is 6. The highest BCUT2D eigenvalue weighted by Gasteiger charge is 2.11. The van der Waals surface area contributed by atoms with Gasteiger partial charge in [0.1, 0.15) is 0 Å². The van der Waals surface area contributed by atoms with E-state index in [9.17, 15) is 8.78 Å². The normalized spacial score (nSPS) is 11.4. The highest BCUT2D eigenvalue weighted by molar-refractivity contribution is 7.15. The smallest absolute Gasteiger partial charge is 0.255 e. The second-order valence-corrected chi connectivity index (χ2v) is 5.01. The van der Waals surface area contributed by atoms with Gasteiger partial charge >= 0.3 is 0 Å². The minimum absolute atomic E-state index is 0.273. The zero-order valence-corrected chi connectivity index (χ0v) is 10.5. The molecule has 0 fully saturated rings. The molecule has 1 heterocycles. The molecule has 1 aromatic rings. The monoisotopic (exact) mass is 249 g/mol. The predicted octanol–water partition coefficient (Wildman–Crippen LogP) is 2.34. The summed E-state index contributed by atoms with van der Waals surface area (Å²) in [7, 11) is 1.63. The maximum atomic E-state index is 12.2. The van der Waals surface area contributed by atoms with E-state index in [0.29, 0.717) is 11.2 Å². The molecule has 0 bridgehead atoms. The fraction of sp³-hybridized carbons (Fsp3) is 0.700. The Labute approximate surface area is 98.5 Å². The lowest BCUT2D eigenvalue weighted by Crippen LogP contribution is -2.23. The third-order valence-corrected chi connectivity index (χ3v) is 3.08. The molecule has 0 aliphatic carbocycles. The Hall–Kier alpha value is -0.750. The lowest BCUT2D eigenvalue weighted by molar-refractivity contribution is 0.156. The summed E-state index contributed by atoms with van der Waals surface area (Å²) in [5.74, 6) is 0. The molecule has 1 N–H and O–H groups in total. The molecule has 0 atom stereocenters. The summed E-state index contributed by atoms with van der Waals surface area (Å²) in [6.07, 6.45) is -0.594. The summed E-state index contributed by atoms with van der Waals surface area (Å²) >= 11 is 1.44. The summed E-state index contributed by atoms with van der Waals surface area (Å²) in [6.45, 7) is 4.58. The first-order valence-electron chi connectivity index (χ1n) is 5.16. The molecule has 0 saturated carbocycles. The molecule has 0 radical (unpaired) electrons. The van der Waals surface area contributed by atoms with Crippen LogP contribution in [0.4, 0.5) is 13.9 Å². The molecule has 0 unspecified atom stereocenters. The Kier molecular flexibility index (Phi) is 5.08. The van der Waals surface area contributed by atoms with E-state index in [-0.39, 0.29) is 6.54 Å². The van der Waals surface area contributed by atoms with Crippen molar-refractivity contribution in [3.05, 3.63) is 11.1 Å². The first-order valence-corrected chi connectivity index (χ1v) is 5.98. The van der Waals surface area contributed by atoms with Crippen LogP contribution in [-0.2, 0) is 6.54 Å². The van der Waals surface area contributed by atoms with Crippen LogP contribution in [0.2, 0.25) is 0 Å². The van der Waals surface area contributed by atoms with Crippen molar-refractivity contribution in [3.8, 4) is 0 Å². The van der Waals surface area contributed by atoms with Gasteiger partial charge in [-0.1, -0.05) is 13.8 Å². The molecule has 6 heteroatoms. The molecule has 0 aliphatic rings. The third kappa shape index (κ3) is 4.40. The van der Waals surface area contributed by atoms with Gasteiger partial charge in [0.25, 0.3) is 6.43 Å². The van der Waals surface area contributed by atoms with Crippen LogP contribution in [0.1, 0.15) is 18.7 Å². The van der Waals surface area contributed by atoms with Crippen molar-refractivity contribution in [3.63, 3.8) is 0 Å². The molecule has 92 valence electrons. The SMILES string of the molecule is CC(C)NCc1cnc(N(C)CC(F)F)s1. The Morgan fingerprint density at radius 2 is 2.19 bits per heavy atom. The Bertz CT molecular complexity index is 315. The van der Waals surface area contributed by atoms with Crippen LogP contribution in [0.15, 0.2) is 6.20 Å². The van der Waals surface area contributed by atoms with Gasteiger partial charge in [0.15, 0.2) is 5.13 Å². The number of aromatic nitrogens is 1. The van der Waals surface area contributed by atoms with Crippen molar-refractivity contribution in [1.82, 2.24) is 10.3 Å². The number of nitrogens with zero attached hydrogens (tertiary/aromatic N) is 2. The van der Waals surface area contributed by atoms with Crippen LogP contribution < -0.4 is 10.2 Å². The first-order chi connectivity index (χ1) is 7.49. The van der Waals surface area contributed by atoms with Gasteiger partial charge in [-0.05, 0) is 0 Å². The molecular weight excluding hydrogens is 232 g/mol. The van der Waals surface area contributed by atoms with E-state index in [0.717, 1.165) is 11.4 Å². The van der Waals surface area contributed by atoms with Crippen LogP contribution in [0, 0.1) is 0 Å². The fourth-order valence-corrected chi connectivity index (χ4v) is 1.98. The van der Waals surface area contributed by atoms with E-state index >= 15 is 0 Å². The van der Waals surface area contributed by atoms with Crippen LogP contribution >= 0.6 is 11.3 Å². The first kappa shape index (κ1) is 13.3. The number of hydrogen-bond donors (Lipinski definition) is 1. The fourth-order valence-electron chi connectivity index (χ4n) is 1.15. The number of thiazole rings is 1. The van der Waals surface area contributed by atoms with Crippen LogP contribution in [0.3, 0.4) is 0 Å². The van der Waals surface area contributed by atoms with Gasteiger partial charge in [-0.25, -0.2) is 13.8 Å². The highest BCUT2D eigenvalue weighted by Crippen LogP contribution is 2.21. The second-order valence-electron chi connectivity index (χ2n) is 3.92. The number of halogens is 2. The third-order valence-electron chi connectivity index (χ3n) is 1.96. The second kappa shape index (κ2) is 6.10. The molecule has 0 aliphatic heterocycles. The lowest BCUT2D eigenvalue weighted by atomic mass is 10.4. The van der Waals surface area contributed by atoms with Gasteiger partial charge in [0.05, 0.1) is 6.54 Å². The topological polar surface area (TPSA) is 28.2 Å². The van der Waals surface area contributed by atoms with Crippen molar-refractivity contribution in [2.75, 3.05) is 18.5 Å². The summed E-state index contributed by atoms with van der Waals surface area (Å²) in [4.78, 5) is 6.66. The maximum absolute atomic E-state index is 12.2. The highest BCUT2D eigenvalue weighted by atomic mass is 32.1. The van der Waals surface area contributed by atoms with E-state index in [1.165, 1.54) is 16.2 Å². The number of alkyl halides is 2. The molecule has 0 spiro atoms. The minimum atomic E-state index is -2.33. The van der Waals surface area contributed by atoms with E-state index in [2.05, 4.69) is 24.1 Å². The molecule has 0 amide bonds. The van der Waals surface area contributed by atoms with E-state index in [1.807, 2.05) is 0 Å². The quantitative estimate of drug-likeness (QED) is 0.838. The summed E-state index contributed by atoms with van der Waals surface area (Å²) < 4.78 is 24.3. The van der Waals surface area contributed by atoms with Crippen molar-refractivity contribution >= 4 is 16.5 Å². The van der Waals surface area contributed by atoms with Gasteiger partial charge < -0.3 is 10.2 Å². The Morgan fingerprint density at radius 3 is 2.75 bits per heavy atom. The molecule has 1 aromatic heterocycles. The molecule has 3 nitrogen and oxygen atoms in total. The number of anilines is 1. The van der Waals surface area contributed by atoms with Crippen molar-refractivity contribution in [2.24, 2.45) is 0 Å². The zero-order chi connectivity index (χ0) is 12.1. The average molecular weight is 249 g/mol. The average Bonchev–Trinajstić information content (AvgIpc) is 2.61. The summed E-state index contributed by atoms with van der Waals surface area (Å²) in [5, 5.41) is 3.90. The zero-order valence-electron chi connectivity index (χ0n) is 9.70. The van der Waals surface area contributed by atoms with Crippen LogP contribution in [0.25, 0.3) is 0 Å². The van der Waals surface area contributed by atoms with Gasteiger partial charge in [-0.15, -0.1) is 11.3 Å². The van der Waals surface area contributed by atoms with Gasteiger partial charge in [-0.2, -0.15) is 0 Å². The predicted molar refractivity (Wildman–Crippen MR) is 63.4 cm³/mol. The summed E-state index contributed by atoms with van der Waals surface area (Å²) in [6, 6.07) is 0.407. The van der Waals surface area contributed by atoms with Crippen LogP contribution in [-0.4, -0.2) is 31.0 Å². The standard InChI is InChI=1S/C10H17F2N3S/c1-7(2)13-4-8-5-14-10(16-8)15(3)6-9(11)12/h5,7,9,13H,4,6H2,1-3H3. The molecule has 0 aromatic carbocycles. The van der Waals surface area contributed by atoms with Crippen molar-refractivity contribution < 1.29 is 8.78 Å². The Balaban J connectivity index is 2.50. The van der Waals surface area contributed by atoms with Gasteiger partial charge in [0.2, 0.25) is 0 Å². The molecule has 0 saturated heterocycles. The maximum Gasteiger partial charge on any atom is 0.255 e. The minimum Gasteiger partial charge on any atom is -0.345 e. The van der Waals surface area contributed by atoms with Crippen LogP contribution in [0.5, 0.6) is 0 Å². The van der Waals surface area contributed by atoms with Crippen molar-refractivity contribution in [1.29, 1.82) is 0 Å².